The molecule has 1 aliphatic rings. The topological polar surface area (TPSA) is 20.3 Å². The van der Waals surface area contributed by atoms with Crippen LogP contribution in [-0.2, 0) is 0 Å². The van der Waals surface area contributed by atoms with Gasteiger partial charge in [0, 0.05) is 30.8 Å². The molecule has 0 unspecified atom stereocenters. The van der Waals surface area contributed by atoms with Crippen molar-refractivity contribution in [3.8, 4) is 0 Å². The van der Waals surface area contributed by atoms with Crippen molar-refractivity contribution < 1.29 is 18.0 Å². The summed E-state index contributed by atoms with van der Waals surface area (Å²) in [4.78, 5) is 14.2. The molecule has 2 rings (SSSR count). The van der Waals surface area contributed by atoms with E-state index in [1.807, 2.05) is 6.26 Å². The normalized spacial score (nSPS) is 18.4. The Hall–Kier alpha value is -1.17. The number of rotatable bonds is 2. The Morgan fingerprint density at radius 1 is 1.32 bits per heavy atom. The first-order valence-corrected chi connectivity index (χ1v) is 7.16. The minimum Gasteiger partial charge on any atom is -0.338 e. The fourth-order valence-electron chi connectivity index (χ4n) is 2.00. The molecular weight excluding hydrogens is 275 g/mol. The molecule has 0 N–H and O–H groups in total. The predicted molar refractivity (Wildman–Crippen MR) is 68.3 cm³/mol. The van der Waals surface area contributed by atoms with Gasteiger partial charge in [0.25, 0.3) is 11.8 Å². The number of benzene rings is 1. The second-order valence-electron chi connectivity index (χ2n) is 4.49. The van der Waals surface area contributed by atoms with Crippen LogP contribution < -0.4 is 0 Å². The highest BCUT2D eigenvalue weighted by molar-refractivity contribution is 7.98. The van der Waals surface area contributed by atoms with Gasteiger partial charge < -0.3 is 4.90 Å². The lowest BCUT2D eigenvalue weighted by atomic mass is 10.1. The molecule has 104 valence electrons. The van der Waals surface area contributed by atoms with E-state index >= 15 is 0 Å². The van der Waals surface area contributed by atoms with E-state index in [9.17, 15) is 18.0 Å². The molecule has 0 radical (unpaired) electrons. The standard InChI is InChI=1S/C13H14F3NOS/c1-19-9-2-3-11(14)10(8-9)12(18)17-6-4-13(15,16)5-7-17/h2-3,8H,4-7H2,1H3. The first kappa shape index (κ1) is 14.2. The first-order valence-electron chi connectivity index (χ1n) is 5.93. The number of carbonyl (C=O) groups excluding carboxylic acids is 1. The Balaban J connectivity index is 2.16. The third kappa shape index (κ3) is 3.23. The van der Waals surface area contributed by atoms with E-state index < -0.39 is 17.6 Å². The van der Waals surface area contributed by atoms with Gasteiger partial charge in [-0.2, -0.15) is 0 Å². The smallest absolute Gasteiger partial charge is 0.256 e. The van der Waals surface area contributed by atoms with Crippen LogP contribution in [0.4, 0.5) is 13.2 Å². The molecule has 1 saturated heterocycles. The van der Waals surface area contributed by atoms with Crippen LogP contribution in [0.25, 0.3) is 0 Å². The quantitative estimate of drug-likeness (QED) is 0.778. The number of alkyl halides is 2. The molecule has 0 spiro atoms. The fraction of sp³-hybridized carbons (Fsp3) is 0.462. The van der Waals surface area contributed by atoms with Gasteiger partial charge >= 0.3 is 0 Å². The van der Waals surface area contributed by atoms with Gasteiger partial charge in [-0.3, -0.25) is 4.79 Å². The molecule has 19 heavy (non-hydrogen) atoms. The van der Waals surface area contributed by atoms with Crippen molar-refractivity contribution >= 4 is 17.7 Å². The highest BCUT2D eigenvalue weighted by Crippen LogP contribution is 2.29. The lowest BCUT2D eigenvalue weighted by Crippen LogP contribution is -2.43. The summed E-state index contributed by atoms with van der Waals surface area (Å²) >= 11 is 1.40. The molecule has 0 aliphatic carbocycles. The fourth-order valence-corrected chi connectivity index (χ4v) is 2.44. The number of halogens is 3. The zero-order valence-electron chi connectivity index (χ0n) is 10.5. The zero-order valence-corrected chi connectivity index (χ0v) is 11.3. The molecule has 1 aliphatic heterocycles. The van der Waals surface area contributed by atoms with Gasteiger partial charge in [-0.1, -0.05) is 0 Å². The van der Waals surface area contributed by atoms with Crippen LogP contribution in [0.2, 0.25) is 0 Å². The molecule has 0 bridgehead atoms. The molecule has 1 heterocycles. The molecule has 1 aromatic rings. The number of likely N-dealkylation sites (tertiary alicyclic amines) is 1. The molecule has 0 saturated carbocycles. The van der Waals surface area contributed by atoms with Gasteiger partial charge in [-0.25, -0.2) is 13.2 Å². The average molecular weight is 289 g/mol. The summed E-state index contributed by atoms with van der Waals surface area (Å²) in [6, 6.07) is 4.29. The van der Waals surface area contributed by atoms with Gasteiger partial charge in [0.2, 0.25) is 0 Å². The van der Waals surface area contributed by atoms with E-state index in [1.54, 1.807) is 6.07 Å². The van der Waals surface area contributed by atoms with E-state index in [4.69, 9.17) is 0 Å². The summed E-state index contributed by atoms with van der Waals surface area (Å²) in [6.45, 7) is -0.0659. The van der Waals surface area contributed by atoms with E-state index in [-0.39, 0.29) is 31.5 Å². The van der Waals surface area contributed by atoms with Crippen molar-refractivity contribution in [1.82, 2.24) is 4.90 Å². The number of carbonyl (C=O) groups is 1. The third-order valence-electron chi connectivity index (χ3n) is 3.19. The molecule has 1 fully saturated rings. The highest BCUT2D eigenvalue weighted by Gasteiger charge is 2.36. The highest BCUT2D eigenvalue weighted by atomic mass is 32.2. The first-order chi connectivity index (χ1) is 8.93. The minimum atomic E-state index is -2.71. The molecule has 1 aromatic carbocycles. The van der Waals surface area contributed by atoms with Gasteiger partial charge in [-0.05, 0) is 24.5 Å². The van der Waals surface area contributed by atoms with Crippen LogP contribution in [0.15, 0.2) is 23.1 Å². The number of hydrogen-bond acceptors (Lipinski definition) is 2. The summed E-state index contributed by atoms with van der Waals surface area (Å²) in [6.07, 6.45) is 1.11. The lowest BCUT2D eigenvalue weighted by molar-refractivity contribution is -0.0494. The Morgan fingerprint density at radius 2 is 1.95 bits per heavy atom. The SMILES string of the molecule is CSc1ccc(F)c(C(=O)N2CCC(F)(F)CC2)c1. The maximum atomic E-state index is 13.7. The van der Waals surface area contributed by atoms with Crippen molar-refractivity contribution in [2.45, 2.75) is 23.7 Å². The second-order valence-corrected chi connectivity index (χ2v) is 5.37. The number of thioether (sulfide) groups is 1. The summed E-state index contributed by atoms with van der Waals surface area (Å²) in [5.74, 6) is -3.83. The average Bonchev–Trinajstić information content (AvgIpc) is 2.38. The van der Waals surface area contributed by atoms with Crippen molar-refractivity contribution in [3.05, 3.63) is 29.6 Å². The van der Waals surface area contributed by atoms with Crippen LogP contribution in [0, 0.1) is 5.82 Å². The Bertz CT molecular complexity index is 483. The van der Waals surface area contributed by atoms with Gasteiger partial charge in [0.15, 0.2) is 0 Å². The number of hydrogen-bond donors (Lipinski definition) is 0. The predicted octanol–water partition coefficient (Wildman–Crippen LogP) is 3.42. The molecule has 1 amide bonds. The summed E-state index contributed by atoms with van der Waals surface area (Å²) < 4.78 is 39.7. The summed E-state index contributed by atoms with van der Waals surface area (Å²) in [5.41, 5.74) is -0.0444. The van der Waals surface area contributed by atoms with Crippen molar-refractivity contribution in [1.29, 1.82) is 0 Å². The molecule has 0 aromatic heterocycles. The lowest BCUT2D eigenvalue weighted by Gasteiger charge is -2.31. The van der Waals surface area contributed by atoms with Gasteiger partial charge in [-0.15, -0.1) is 11.8 Å². The van der Waals surface area contributed by atoms with Gasteiger partial charge in [0.1, 0.15) is 5.82 Å². The molecule has 2 nitrogen and oxygen atoms in total. The van der Waals surface area contributed by atoms with Crippen molar-refractivity contribution in [2.75, 3.05) is 19.3 Å². The van der Waals surface area contributed by atoms with E-state index in [1.165, 1.54) is 28.8 Å². The minimum absolute atomic E-state index is 0.0330. The Labute approximate surface area is 114 Å². The van der Waals surface area contributed by atoms with Crippen molar-refractivity contribution in [3.63, 3.8) is 0 Å². The van der Waals surface area contributed by atoms with Crippen LogP contribution in [0.1, 0.15) is 23.2 Å². The van der Waals surface area contributed by atoms with E-state index in [0.29, 0.717) is 0 Å². The molecule has 0 atom stereocenters. The van der Waals surface area contributed by atoms with Crippen LogP contribution in [0.3, 0.4) is 0 Å². The van der Waals surface area contributed by atoms with Crippen LogP contribution in [-0.4, -0.2) is 36.1 Å². The van der Waals surface area contributed by atoms with Gasteiger partial charge in [0.05, 0.1) is 5.56 Å². The Morgan fingerprint density at radius 3 is 2.53 bits per heavy atom. The molecular formula is C13H14F3NOS. The monoisotopic (exact) mass is 289 g/mol. The number of piperidine rings is 1. The zero-order chi connectivity index (χ0) is 14.0. The second kappa shape index (κ2) is 5.45. The number of nitrogens with zero attached hydrogens (tertiary/aromatic N) is 1. The maximum absolute atomic E-state index is 13.7. The third-order valence-corrected chi connectivity index (χ3v) is 3.91. The summed E-state index contributed by atoms with van der Waals surface area (Å²) in [5, 5.41) is 0. The van der Waals surface area contributed by atoms with E-state index in [2.05, 4.69) is 0 Å². The maximum Gasteiger partial charge on any atom is 0.256 e. The number of amides is 1. The largest absolute Gasteiger partial charge is 0.338 e. The van der Waals surface area contributed by atoms with Crippen molar-refractivity contribution in [2.24, 2.45) is 0 Å². The molecule has 6 heteroatoms. The van der Waals surface area contributed by atoms with E-state index in [0.717, 1.165) is 4.90 Å². The van der Waals surface area contributed by atoms with Crippen LogP contribution >= 0.6 is 11.8 Å². The Kier molecular flexibility index (Phi) is 4.08. The van der Waals surface area contributed by atoms with Crippen LogP contribution in [0.5, 0.6) is 0 Å². The summed E-state index contributed by atoms with van der Waals surface area (Å²) in [7, 11) is 0.